The second-order valence-electron chi connectivity index (χ2n) is 6.58. The molecule has 1 aromatic heterocycles. The number of hydrogen-bond donors (Lipinski definition) is 0. The minimum atomic E-state index is -4.59. The summed E-state index contributed by atoms with van der Waals surface area (Å²) in [5, 5.41) is 10.7. The molecule has 3 aromatic carbocycles. The van der Waals surface area contributed by atoms with Gasteiger partial charge in [0.15, 0.2) is 0 Å². The van der Waals surface area contributed by atoms with Crippen molar-refractivity contribution in [2.75, 3.05) is 7.11 Å². The molecule has 0 N–H and O–H groups in total. The van der Waals surface area contributed by atoms with Gasteiger partial charge >= 0.3 is 6.18 Å². The van der Waals surface area contributed by atoms with Gasteiger partial charge in [-0.3, -0.25) is 0 Å². The first-order valence-corrected chi connectivity index (χ1v) is 8.54. The summed E-state index contributed by atoms with van der Waals surface area (Å²) in [7, 11) is 1.55. The summed E-state index contributed by atoms with van der Waals surface area (Å²) >= 11 is 0. The molecule has 28 heavy (non-hydrogen) atoms. The quantitative estimate of drug-likeness (QED) is 0.428. The van der Waals surface area contributed by atoms with Crippen molar-refractivity contribution in [2.45, 2.75) is 13.1 Å². The van der Waals surface area contributed by atoms with Gasteiger partial charge in [-0.1, -0.05) is 11.6 Å². The monoisotopic (exact) mass is 380 g/mol. The number of benzene rings is 3. The normalized spacial score (nSPS) is 11.7. The Labute approximate surface area is 159 Å². The van der Waals surface area contributed by atoms with Gasteiger partial charge in [0.25, 0.3) is 0 Å². The molecule has 0 bridgehead atoms. The van der Waals surface area contributed by atoms with Crippen LogP contribution in [0, 0.1) is 18.3 Å². The molecule has 0 unspecified atom stereocenters. The summed E-state index contributed by atoms with van der Waals surface area (Å²) in [4.78, 5) is 0. The average Bonchev–Trinajstić information content (AvgIpc) is 2.99. The standard InChI is InChI=1S/C22H15F3N2O/c1-13-3-6-19-16(9-13)17-11-15(28-2)5-8-20(17)27(19)21-7-4-14(12-26)10-18(21)22(23,24)25/h3-11H,1-2H3. The van der Waals surface area contributed by atoms with E-state index in [1.807, 2.05) is 31.2 Å². The summed E-state index contributed by atoms with van der Waals surface area (Å²) in [6.45, 7) is 1.94. The number of nitrogens with zero attached hydrogens (tertiary/aromatic N) is 2. The number of nitriles is 1. The first-order valence-electron chi connectivity index (χ1n) is 8.54. The van der Waals surface area contributed by atoms with Gasteiger partial charge in [0, 0.05) is 10.8 Å². The molecule has 0 aliphatic carbocycles. The Kier molecular flexibility index (Phi) is 4.04. The molecule has 0 saturated heterocycles. The zero-order chi connectivity index (χ0) is 20.1. The van der Waals surface area contributed by atoms with Crippen LogP contribution in [0.5, 0.6) is 5.75 Å². The van der Waals surface area contributed by atoms with Gasteiger partial charge in [-0.2, -0.15) is 18.4 Å². The van der Waals surface area contributed by atoms with E-state index in [2.05, 4.69) is 0 Å². The SMILES string of the molecule is COc1ccc2c(c1)c1cc(C)ccc1n2-c1ccc(C#N)cc1C(F)(F)F. The third kappa shape index (κ3) is 2.76. The maximum Gasteiger partial charge on any atom is 0.418 e. The highest BCUT2D eigenvalue weighted by Gasteiger charge is 2.35. The van der Waals surface area contributed by atoms with Crippen LogP contribution in [0.15, 0.2) is 54.6 Å². The molecule has 0 radical (unpaired) electrons. The van der Waals surface area contributed by atoms with Gasteiger partial charge < -0.3 is 9.30 Å². The fraction of sp³-hybridized carbons (Fsp3) is 0.136. The molecular formula is C22H15F3N2O. The lowest BCUT2D eigenvalue weighted by Gasteiger charge is -2.16. The summed E-state index contributed by atoms with van der Waals surface area (Å²) in [6, 6.07) is 16.4. The van der Waals surface area contributed by atoms with Crippen LogP contribution >= 0.6 is 0 Å². The molecular weight excluding hydrogens is 365 g/mol. The van der Waals surface area contributed by atoms with Crippen LogP contribution in [0.4, 0.5) is 13.2 Å². The van der Waals surface area contributed by atoms with Crippen molar-refractivity contribution < 1.29 is 17.9 Å². The molecule has 0 atom stereocenters. The Balaban J connectivity index is 2.17. The molecule has 4 aromatic rings. The van der Waals surface area contributed by atoms with Crippen LogP contribution in [-0.2, 0) is 6.18 Å². The van der Waals surface area contributed by atoms with Crippen molar-refractivity contribution in [3.8, 4) is 17.5 Å². The fourth-order valence-corrected chi connectivity index (χ4v) is 3.53. The second-order valence-corrected chi connectivity index (χ2v) is 6.58. The smallest absolute Gasteiger partial charge is 0.418 e. The van der Waals surface area contributed by atoms with Gasteiger partial charge in [0.1, 0.15) is 5.75 Å². The first-order chi connectivity index (χ1) is 13.3. The largest absolute Gasteiger partial charge is 0.497 e. The fourth-order valence-electron chi connectivity index (χ4n) is 3.53. The third-order valence-corrected chi connectivity index (χ3v) is 4.80. The predicted octanol–water partition coefficient (Wildman–Crippen LogP) is 5.99. The van der Waals surface area contributed by atoms with Crippen molar-refractivity contribution in [3.05, 3.63) is 71.3 Å². The summed E-state index contributed by atoms with van der Waals surface area (Å²) in [6.07, 6.45) is -4.59. The number of aromatic nitrogens is 1. The molecule has 0 amide bonds. The van der Waals surface area contributed by atoms with Crippen molar-refractivity contribution in [1.29, 1.82) is 5.26 Å². The Hall–Kier alpha value is -3.46. The van der Waals surface area contributed by atoms with E-state index in [1.54, 1.807) is 29.9 Å². The zero-order valence-corrected chi connectivity index (χ0v) is 15.1. The lowest BCUT2D eigenvalue weighted by molar-refractivity contribution is -0.137. The Morgan fingerprint density at radius 1 is 0.929 bits per heavy atom. The molecule has 0 spiro atoms. The first kappa shape index (κ1) is 17.9. The number of hydrogen-bond acceptors (Lipinski definition) is 2. The Morgan fingerprint density at radius 2 is 1.61 bits per heavy atom. The van der Waals surface area contributed by atoms with Gasteiger partial charge in [0.05, 0.1) is 41.0 Å². The second kappa shape index (κ2) is 6.31. The van der Waals surface area contributed by atoms with Gasteiger partial charge in [0.2, 0.25) is 0 Å². The molecule has 140 valence electrons. The summed E-state index contributed by atoms with van der Waals surface area (Å²) < 4.78 is 48.3. The third-order valence-electron chi connectivity index (χ3n) is 4.80. The number of fused-ring (bicyclic) bond motifs is 3. The average molecular weight is 380 g/mol. The molecule has 0 fully saturated rings. The molecule has 0 aliphatic rings. The van der Waals surface area contributed by atoms with Gasteiger partial charge in [-0.25, -0.2) is 0 Å². The molecule has 6 heteroatoms. The molecule has 4 rings (SSSR count). The highest BCUT2D eigenvalue weighted by Crippen LogP contribution is 2.40. The van der Waals surface area contributed by atoms with Crippen LogP contribution < -0.4 is 4.74 Å². The Bertz CT molecular complexity index is 1260. The van der Waals surface area contributed by atoms with Crippen molar-refractivity contribution in [2.24, 2.45) is 0 Å². The van der Waals surface area contributed by atoms with Crippen LogP contribution in [0.1, 0.15) is 16.7 Å². The van der Waals surface area contributed by atoms with Gasteiger partial charge in [-0.05, 0) is 55.5 Å². The van der Waals surface area contributed by atoms with Crippen LogP contribution in [0.25, 0.3) is 27.5 Å². The molecule has 1 heterocycles. The van der Waals surface area contributed by atoms with E-state index in [9.17, 15) is 13.2 Å². The van der Waals surface area contributed by atoms with E-state index in [-0.39, 0.29) is 11.3 Å². The van der Waals surface area contributed by atoms with Crippen molar-refractivity contribution >= 4 is 21.8 Å². The van der Waals surface area contributed by atoms with Crippen LogP contribution in [0.3, 0.4) is 0 Å². The van der Waals surface area contributed by atoms with E-state index in [0.717, 1.165) is 22.4 Å². The lowest BCUT2D eigenvalue weighted by Crippen LogP contribution is -2.11. The molecule has 3 nitrogen and oxygen atoms in total. The van der Waals surface area contributed by atoms with Crippen molar-refractivity contribution in [1.82, 2.24) is 4.57 Å². The van der Waals surface area contributed by atoms with Crippen LogP contribution in [0.2, 0.25) is 0 Å². The summed E-state index contributed by atoms with van der Waals surface area (Å²) in [5.41, 5.74) is 1.41. The highest BCUT2D eigenvalue weighted by atomic mass is 19.4. The Morgan fingerprint density at radius 3 is 2.25 bits per heavy atom. The highest BCUT2D eigenvalue weighted by molar-refractivity contribution is 6.10. The number of halogens is 3. The number of ether oxygens (including phenoxy) is 1. The maximum atomic E-state index is 13.8. The topological polar surface area (TPSA) is 38.0 Å². The van der Waals surface area contributed by atoms with E-state index < -0.39 is 11.7 Å². The summed E-state index contributed by atoms with van der Waals surface area (Å²) in [5.74, 6) is 0.629. The number of methoxy groups -OCH3 is 1. The van der Waals surface area contributed by atoms with Gasteiger partial charge in [-0.15, -0.1) is 0 Å². The number of alkyl halides is 3. The van der Waals surface area contributed by atoms with E-state index in [4.69, 9.17) is 10.00 Å². The van der Waals surface area contributed by atoms with E-state index >= 15 is 0 Å². The van der Waals surface area contributed by atoms with E-state index in [1.165, 1.54) is 12.1 Å². The zero-order valence-electron chi connectivity index (χ0n) is 15.1. The minimum Gasteiger partial charge on any atom is -0.497 e. The van der Waals surface area contributed by atoms with Crippen LogP contribution in [-0.4, -0.2) is 11.7 Å². The van der Waals surface area contributed by atoms with E-state index in [0.29, 0.717) is 16.8 Å². The maximum absolute atomic E-state index is 13.8. The lowest BCUT2D eigenvalue weighted by atomic mass is 10.1. The van der Waals surface area contributed by atoms with Crippen molar-refractivity contribution in [3.63, 3.8) is 0 Å². The number of rotatable bonds is 2. The predicted molar refractivity (Wildman–Crippen MR) is 102 cm³/mol. The molecule has 0 aliphatic heterocycles. The minimum absolute atomic E-state index is 0.0134. The number of aryl methyl sites for hydroxylation is 1. The molecule has 0 saturated carbocycles.